The number of aryl methyl sites for hydroxylation is 1. The quantitative estimate of drug-likeness (QED) is 0.802. The van der Waals surface area contributed by atoms with Gasteiger partial charge in [0.25, 0.3) is 11.5 Å². The van der Waals surface area contributed by atoms with E-state index in [1.807, 2.05) is 15.5 Å². The Balaban J connectivity index is 1.75. The van der Waals surface area contributed by atoms with E-state index in [1.165, 1.54) is 6.42 Å². The maximum atomic E-state index is 12.9. The topological polar surface area (TPSA) is 55.2 Å². The number of piperidine rings is 1. The van der Waals surface area contributed by atoms with Crippen LogP contribution in [0.15, 0.2) is 23.0 Å². The first kappa shape index (κ1) is 16.3. The first-order valence-corrected chi connectivity index (χ1v) is 9.49. The number of benzene rings is 1. The highest BCUT2D eigenvalue weighted by atomic mass is 16.2. The standard InChI is InChI=1S/C20H25N3O2/c1-14-7-4-6-11-22(14)19(24)15-9-10-16-17(13-15)21-18-8-3-2-5-12-23(18)20(16)25/h9-10,13-14H,2-8,11-12H2,1H3. The van der Waals surface area contributed by atoms with Gasteiger partial charge < -0.3 is 4.90 Å². The fraction of sp³-hybridized carbons (Fsp3) is 0.550. The second-order valence-electron chi connectivity index (χ2n) is 7.37. The number of hydrogen-bond acceptors (Lipinski definition) is 3. The summed E-state index contributed by atoms with van der Waals surface area (Å²) in [4.78, 5) is 32.4. The fourth-order valence-corrected chi connectivity index (χ4v) is 4.12. The van der Waals surface area contributed by atoms with E-state index in [0.29, 0.717) is 16.5 Å². The Labute approximate surface area is 147 Å². The lowest BCUT2D eigenvalue weighted by molar-refractivity contribution is 0.0636. The summed E-state index contributed by atoms with van der Waals surface area (Å²) in [5.74, 6) is 0.928. The van der Waals surface area contributed by atoms with Crippen LogP contribution in [0.1, 0.15) is 61.6 Å². The van der Waals surface area contributed by atoms with Crippen LogP contribution in [-0.4, -0.2) is 32.9 Å². The van der Waals surface area contributed by atoms with Gasteiger partial charge in [-0.1, -0.05) is 6.42 Å². The molecule has 0 radical (unpaired) electrons. The first-order valence-electron chi connectivity index (χ1n) is 9.49. The summed E-state index contributed by atoms with van der Waals surface area (Å²) in [7, 11) is 0. The zero-order valence-electron chi connectivity index (χ0n) is 14.8. The third-order valence-electron chi connectivity index (χ3n) is 5.63. The van der Waals surface area contributed by atoms with Crippen molar-refractivity contribution in [2.24, 2.45) is 0 Å². The molecule has 0 spiro atoms. The van der Waals surface area contributed by atoms with E-state index in [4.69, 9.17) is 4.98 Å². The predicted molar refractivity (Wildman–Crippen MR) is 97.9 cm³/mol. The molecule has 0 aliphatic carbocycles. The lowest BCUT2D eigenvalue weighted by atomic mass is 10.0. The molecule has 0 bridgehead atoms. The van der Waals surface area contributed by atoms with Gasteiger partial charge in [0.2, 0.25) is 0 Å². The minimum absolute atomic E-state index is 0.0345. The Morgan fingerprint density at radius 3 is 2.80 bits per heavy atom. The van der Waals surface area contributed by atoms with Crippen LogP contribution >= 0.6 is 0 Å². The van der Waals surface area contributed by atoms with Crippen molar-refractivity contribution in [3.63, 3.8) is 0 Å². The number of fused-ring (bicyclic) bond motifs is 2. The number of likely N-dealkylation sites (tertiary alicyclic amines) is 1. The summed E-state index contributed by atoms with van der Waals surface area (Å²) in [5.41, 5.74) is 1.34. The van der Waals surface area contributed by atoms with Gasteiger partial charge in [0, 0.05) is 31.1 Å². The summed E-state index contributed by atoms with van der Waals surface area (Å²) < 4.78 is 1.82. The molecule has 0 N–H and O–H groups in total. The molecule has 2 aromatic rings. The average molecular weight is 339 g/mol. The van der Waals surface area contributed by atoms with Gasteiger partial charge in [0.1, 0.15) is 5.82 Å². The summed E-state index contributed by atoms with van der Waals surface area (Å²) in [5, 5.41) is 0.619. The molecule has 0 saturated carbocycles. The Kier molecular flexibility index (Phi) is 4.32. The van der Waals surface area contributed by atoms with E-state index in [2.05, 4.69) is 6.92 Å². The third-order valence-corrected chi connectivity index (χ3v) is 5.63. The lowest BCUT2D eigenvalue weighted by Gasteiger charge is -2.33. The highest BCUT2D eigenvalue weighted by Gasteiger charge is 2.24. The van der Waals surface area contributed by atoms with E-state index < -0.39 is 0 Å². The van der Waals surface area contributed by atoms with E-state index in [1.54, 1.807) is 12.1 Å². The molecule has 25 heavy (non-hydrogen) atoms. The van der Waals surface area contributed by atoms with E-state index >= 15 is 0 Å². The number of amides is 1. The molecule has 4 rings (SSSR count). The first-order chi connectivity index (χ1) is 12.1. The van der Waals surface area contributed by atoms with Gasteiger partial charge in [0.15, 0.2) is 0 Å². The zero-order valence-corrected chi connectivity index (χ0v) is 14.8. The van der Waals surface area contributed by atoms with Gasteiger partial charge in [-0.15, -0.1) is 0 Å². The van der Waals surface area contributed by atoms with Crippen LogP contribution in [-0.2, 0) is 13.0 Å². The number of carbonyl (C=O) groups is 1. The third kappa shape index (κ3) is 2.96. The van der Waals surface area contributed by atoms with Crippen molar-refractivity contribution in [1.29, 1.82) is 0 Å². The molecule has 1 unspecified atom stereocenters. The molecule has 1 saturated heterocycles. The Morgan fingerprint density at radius 1 is 1.12 bits per heavy atom. The van der Waals surface area contributed by atoms with Crippen LogP contribution < -0.4 is 5.56 Å². The SMILES string of the molecule is CC1CCCCN1C(=O)c1ccc2c(=O)n3c(nc2c1)CCCCC3. The highest BCUT2D eigenvalue weighted by molar-refractivity contribution is 5.97. The summed E-state index contributed by atoms with van der Waals surface area (Å²) in [6.45, 7) is 3.68. The second-order valence-corrected chi connectivity index (χ2v) is 7.37. The van der Waals surface area contributed by atoms with E-state index in [0.717, 1.165) is 57.4 Å². The van der Waals surface area contributed by atoms with Crippen molar-refractivity contribution in [1.82, 2.24) is 14.5 Å². The lowest BCUT2D eigenvalue weighted by Crippen LogP contribution is -2.42. The molecule has 2 aliphatic rings. The van der Waals surface area contributed by atoms with Crippen molar-refractivity contribution >= 4 is 16.8 Å². The molecule has 1 fully saturated rings. The van der Waals surface area contributed by atoms with E-state index in [9.17, 15) is 9.59 Å². The summed E-state index contributed by atoms with van der Waals surface area (Å²) in [6, 6.07) is 5.66. The number of nitrogens with zero attached hydrogens (tertiary/aromatic N) is 3. The van der Waals surface area contributed by atoms with Crippen LogP contribution in [0, 0.1) is 0 Å². The number of hydrogen-bond donors (Lipinski definition) is 0. The van der Waals surface area contributed by atoms with Crippen LogP contribution in [0.2, 0.25) is 0 Å². The Morgan fingerprint density at radius 2 is 1.96 bits per heavy atom. The van der Waals surface area contributed by atoms with Gasteiger partial charge in [0.05, 0.1) is 10.9 Å². The summed E-state index contributed by atoms with van der Waals surface area (Å²) in [6.07, 6.45) is 7.39. The maximum absolute atomic E-state index is 12.9. The van der Waals surface area contributed by atoms with E-state index in [-0.39, 0.29) is 17.5 Å². The van der Waals surface area contributed by atoms with Crippen LogP contribution in [0.4, 0.5) is 0 Å². The van der Waals surface area contributed by atoms with Crippen molar-refractivity contribution in [2.45, 2.75) is 64.5 Å². The van der Waals surface area contributed by atoms with Crippen LogP contribution in [0.3, 0.4) is 0 Å². The monoisotopic (exact) mass is 339 g/mol. The minimum Gasteiger partial charge on any atom is -0.336 e. The molecule has 5 nitrogen and oxygen atoms in total. The normalized spacial score (nSPS) is 21.0. The average Bonchev–Trinajstić information content (AvgIpc) is 2.87. The van der Waals surface area contributed by atoms with Gasteiger partial charge in [-0.05, 0) is 57.2 Å². The molecule has 5 heteroatoms. The van der Waals surface area contributed by atoms with Crippen molar-refractivity contribution in [3.05, 3.63) is 39.9 Å². The molecule has 1 atom stereocenters. The predicted octanol–water partition coefficient (Wildman–Crippen LogP) is 3.14. The molecule has 3 heterocycles. The zero-order chi connectivity index (χ0) is 17.4. The van der Waals surface area contributed by atoms with Crippen molar-refractivity contribution in [3.8, 4) is 0 Å². The largest absolute Gasteiger partial charge is 0.336 e. The van der Waals surface area contributed by atoms with Crippen LogP contribution in [0.5, 0.6) is 0 Å². The molecule has 2 aliphatic heterocycles. The molecule has 1 amide bonds. The molecular weight excluding hydrogens is 314 g/mol. The van der Waals surface area contributed by atoms with Gasteiger partial charge in [-0.25, -0.2) is 4.98 Å². The number of carbonyl (C=O) groups excluding carboxylic acids is 1. The summed E-state index contributed by atoms with van der Waals surface area (Å²) >= 11 is 0. The highest BCUT2D eigenvalue weighted by Crippen LogP contribution is 2.21. The molecule has 132 valence electrons. The van der Waals surface area contributed by atoms with Gasteiger partial charge in [-0.3, -0.25) is 14.2 Å². The van der Waals surface area contributed by atoms with Crippen LogP contribution in [0.25, 0.3) is 10.9 Å². The fourth-order valence-electron chi connectivity index (χ4n) is 4.12. The number of aromatic nitrogens is 2. The smallest absolute Gasteiger partial charge is 0.261 e. The molecule has 1 aromatic carbocycles. The maximum Gasteiger partial charge on any atom is 0.261 e. The van der Waals surface area contributed by atoms with Crippen molar-refractivity contribution in [2.75, 3.05) is 6.54 Å². The Hall–Kier alpha value is -2.17. The Bertz CT molecular complexity index is 871. The second kappa shape index (κ2) is 6.62. The van der Waals surface area contributed by atoms with Gasteiger partial charge >= 0.3 is 0 Å². The molecular formula is C20H25N3O2. The van der Waals surface area contributed by atoms with Gasteiger partial charge in [-0.2, -0.15) is 0 Å². The number of rotatable bonds is 1. The minimum atomic E-state index is 0.0345. The molecule has 1 aromatic heterocycles. The van der Waals surface area contributed by atoms with Crippen molar-refractivity contribution < 1.29 is 4.79 Å².